The Bertz CT molecular complexity index is 1020. The van der Waals surface area contributed by atoms with Gasteiger partial charge >= 0.3 is 0 Å². The highest BCUT2D eigenvalue weighted by Crippen LogP contribution is 2.25. The highest BCUT2D eigenvalue weighted by Gasteiger charge is 2.18. The summed E-state index contributed by atoms with van der Waals surface area (Å²) in [7, 11) is 3.20. The van der Waals surface area contributed by atoms with Crippen LogP contribution in [0.25, 0.3) is 11.3 Å². The molecule has 0 unspecified atom stereocenters. The molecule has 1 N–H and O–H groups in total. The lowest BCUT2D eigenvalue weighted by atomic mass is 10.1. The normalized spacial score (nSPS) is 10.5. The first-order valence-corrected chi connectivity index (χ1v) is 8.29. The number of hydrogen-bond donors (Lipinski definition) is 1. The summed E-state index contributed by atoms with van der Waals surface area (Å²) in [6.45, 7) is 0. The second-order valence-electron chi connectivity index (χ2n) is 5.90. The molecule has 0 saturated carbocycles. The fraction of sp³-hybridized carbons (Fsp3) is 0.105. The molecule has 27 heavy (non-hydrogen) atoms. The molecule has 2 aromatic carbocycles. The van der Waals surface area contributed by atoms with Gasteiger partial charge in [0.1, 0.15) is 5.82 Å². The molecular formula is C19H15ClFN3O3. The Balaban J connectivity index is 1.82. The third-order valence-electron chi connectivity index (χ3n) is 3.74. The van der Waals surface area contributed by atoms with Crippen LogP contribution in [-0.2, 0) is 0 Å². The molecule has 1 aromatic heterocycles. The molecule has 0 spiro atoms. The third-order valence-corrected chi connectivity index (χ3v) is 4.07. The Hall–Kier alpha value is -3.19. The minimum Gasteiger partial charge on any atom is -0.355 e. The van der Waals surface area contributed by atoms with Gasteiger partial charge in [-0.05, 0) is 30.3 Å². The number of carbonyl (C=O) groups excluding carboxylic acids is 2. The second kappa shape index (κ2) is 7.59. The summed E-state index contributed by atoms with van der Waals surface area (Å²) in [4.78, 5) is 25.9. The van der Waals surface area contributed by atoms with E-state index in [2.05, 4.69) is 10.5 Å². The monoisotopic (exact) mass is 387 g/mol. The maximum Gasteiger partial charge on any atom is 0.277 e. The van der Waals surface area contributed by atoms with Gasteiger partial charge in [0, 0.05) is 25.8 Å². The molecule has 0 saturated heterocycles. The lowest BCUT2D eigenvalue weighted by Gasteiger charge is -2.13. The van der Waals surface area contributed by atoms with Crippen molar-refractivity contribution in [3.05, 3.63) is 70.6 Å². The van der Waals surface area contributed by atoms with Crippen molar-refractivity contribution in [2.45, 2.75) is 0 Å². The van der Waals surface area contributed by atoms with E-state index in [1.54, 1.807) is 32.3 Å². The number of anilines is 1. The van der Waals surface area contributed by atoms with Crippen molar-refractivity contribution in [2.75, 3.05) is 19.4 Å². The molecule has 0 aliphatic carbocycles. The van der Waals surface area contributed by atoms with Gasteiger partial charge < -0.3 is 14.7 Å². The molecule has 8 heteroatoms. The molecule has 1 heterocycles. The summed E-state index contributed by atoms with van der Waals surface area (Å²) >= 11 is 6.05. The Morgan fingerprint density at radius 1 is 1.15 bits per heavy atom. The van der Waals surface area contributed by atoms with Gasteiger partial charge in [-0.15, -0.1) is 0 Å². The van der Waals surface area contributed by atoms with Crippen LogP contribution in [0, 0.1) is 5.82 Å². The number of nitrogens with one attached hydrogen (secondary N) is 1. The maximum atomic E-state index is 13.8. The Kier molecular flexibility index (Phi) is 5.23. The fourth-order valence-corrected chi connectivity index (χ4v) is 2.57. The number of rotatable bonds is 4. The lowest BCUT2D eigenvalue weighted by molar-refractivity contribution is 0.0827. The van der Waals surface area contributed by atoms with E-state index >= 15 is 0 Å². The quantitative estimate of drug-likeness (QED) is 0.731. The summed E-state index contributed by atoms with van der Waals surface area (Å²) in [5.74, 6) is -1.20. The number of benzene rings is 2. The summed E-state index contributed by atoms with van der Waals surface area (Å²) in [5.41, 5.74) is 0.801. The topological polar surface area (TPSA) is 75.4 Å². The average Bonchev–Trinajstić information content (AvgIpc) is 3.13. The third kappa shape index (κ3) is 3.98. The zero-order valence-corrected chi connectivity index (χ0v) is 15.2. The minimum atomic E-state index is -0.563. The SMILES string of the molecule is CN(C)C(=O)c1cc(NC(=O)c2cc(-c3ccccc3F)on2)ccc1Cl. The van der Waals surface area contributed by atoms with E-state index in [-0.39, 0.29) is 33.5 Å². The zero-order chi connectivity index (χ0) is 19.6. The number of carbonyl (C=O) groups is 2. The first kappa shape index (κ1) is 18.6. The summed E-state index contributed by atoms with van der Waals surface area (Å²) in [6, 6.07) is 11.9. The number of amides is 2. The van der Waals surface area contributed by atoms with Crippen LogP contribution in [0.3, 0.4) is 0 Å². The maximum absolute atomic E-state index is 13.8. The van der Waals surface area contributed by atoms with E-state index in [1.165, 1.54) is 35.2 Å². The number of hydrogen-bond acceptors (Lipinski definition) is 4. The number of aromatic nitrogens is 1. The molecule has 0 radical (unpaired) electrons. The van der Waals surface area contributed by atoms with Gasteiger partial charge in [0.15, 0.2) is 11.5 Å². The van der Waals surface area contributed by atoms with E-state index < -0.39 is 11.7 Å². The molecule has 2 amide bonds. The fourth-order valence-electron chi connectivity index (χ4n) is 2.37. The summed E-state index contributed by atoms with van der Waals surface area (Å²) in [6.07, 6.45) is 0. The van der Waals surface area contributed by atoms with Crippen molar-refractivity contribution in [1.29, 1.82) is 0 Å². The largest absolute Gasteiger partial charge is 0.355 e. The molecule has 138 valence electrons. The van der Waals surface area contributed by atoms with E-state index in [0.29, 0.717) is 5.69 Å². The first-order valence-electron chi connectivity index (χ1n) is 7.91. The lowest BCUT2D eigenvalue weighted by Crippen LogP contribution is -2.22. The van der Waals surface area contributed by atoms with Crippen LogP contribution in [0.15, 0.2) is 53.1 Å². The van der Waals surface area contributed by atoms with Crippen molar-refractivity contribution >= 4 is 29.1 Å². The Morgan fingerprint density at radius 3 is 2.59 bits per heavy atom. The summed E-state index contributed by atoms with van der Waals surface area (Å²) in [5, 5.41) is 6.57. The summed E-state index contributed by atoms with van der Waals surface area (Å²) < 4.78 is 18.9. The van der Waals surface area contributed by atoms with E-state index in [1.807, 2.05) is 0 Å². The van der Waals surface area contributed by atoms with Crippen LogP contribution >= 0.6 is 11.6 Å². The van der Waals surface area contributed by atoms with Gasteiger partial charge in [0.2, 0.25) is 0 Å². The van der Waals surface area contributed by atoms with Gasteiger partial charge in [0.05, 0.1) is 16.1 Å². The molecule has 3 aromatic rings. The second-order valence-corrected chi connectivity index (χ2v) is 6.31. The van der Waals surface area contributed by atoms with Crippen LogP contribution in [0.2, 0.25) is 5.02 Å². The molecule has 3 rings (SSSR count). The van der Waals surface area contributed by atoms with Crippen molar-refractivity contribution in [1.82, 2.24) is 10.1 Å². The van der Waals surface area contributed by atoms with Gasteiger partial charge in [-0.25, -0.2) is 4.39 Å². The Morgan fingerprint density at radius 2 is 1.89 bits per heavy atom. The van der Waals surface area contributed by atoms with Crippen LogP contribution in [0.1, 0.15) is 20.8 Å². The average molecular weight is 388 g/mol. The van der Waals surface area contributed by atoms with Crippen molar-refractivity contribution in [3.8, 4) is 11.3 Å². The predicted octanol–water partition coefficient (Wildman–Crippen LogP) is 4.09. The number of halogens is 2. The van der Waals surface area contributed by atoms with E-state index in [9.17, 15) is 14.0 Å². The van der Waals surface area contributed by atoms with E-state index in [0.717, 1.165) is 0 Å². The molecule has 6 nitrogen and oxygen atoms in total. The first-order chi connectivity index (χ1) is 12.9. The van der Waals surface area contributed by atoms with Gasteiger partial charge in [-0.3, -0.25) is 9.59 Å². The molecule has 0 atom stereocenters. The molecule has 0 bridgehead atoms. The van der Waals surface area contributed by atoms with Crippen LogP contribution < -0.4 is 5.32 Å². The number of nitrogens with zero attached hydrogens (tertiary/aromatic N) is 2. The van der Waals surface area contributed by atoms with Crippen molar-refractivity contribution in [2.24, 2.45) is 0 Å². The van der Waals surface area contributed by atoms with Gasteiger partial charge in [-0.1, -0.05) is 28.9 Å². The molecule has 0 aliphatic rings. The molecular weight excluding hydrogens is 373 g/mol. The minimum absolute atomic E-state index is 0.0244. The van der Waals surface area contributed by atoms with Crippen LogP contribution in [0.4, 0.5) is 10.1 Å². The van der Waals surface area contributed by atoms with Gasteiger partial charge in [0.25, 0.3) is 11.8 Å². The smallest absolute Gasteiger partial charge is 0.277 e. The molecule has 0 fully saturated rings. The van der Waals surface area contributed by atoms with Crippen molar-refractivity contribution in [3.63, 3.8) is 0 Å². The van der Waals surface area contributed by atoms with Crippen molar-refractivity contribution < 1.29 is 18.5 Å². The standard InChI is InChI=1S/C19H15ClFN3O3/c1-24(2)19(26)13-9-11(7-8-14(13)20)22-18(25)16-10-17(27-23-16)12-5-3-4-6-15(12)21/h3-10H,1-2H3,(H,22,25). The Labute approximate surface area is 159 Å². The van der Waals surface area contributed by atoms with E-state index in [4.69, 9.17) is 16.1 Å². The predicted molar refractivity (Wildman–Crippen MR) is 99.3 cm³/mol. The highest BCUT2D eigenvalue weighted by molar-refractivity contribution is 6.34. The highest BCUT2D eigenvalue weighted by atomic mass is 35.5. The van der Waals surface area contributed by atoms with Gasteiger partial charge in [-0.2, -0.15) is 0 Å². The van der Waals surface area contributed by atoms with Crippen LogP contribution in [0.5, 0.6) is 0 Å². The molecule has 0 aliphatic heterocycles. The zero-order valence-electron chi connectivity index (χ0n) is 14.5. The van der Waals surface area contributed by atoms with Crippen LogP contribution in [-0.4, -0.2) is 36.0 Å².